The summed E-state index contributed by atoms with van der Waals surface area (Å²) in [5.74, 6) is -0.0706. The topological polar surface area (TPSA) is 56.8 Å². The highest BCUT2D eigenvalue weighted by Gasteiger charge is 2.28. The minimum Gasteiger partial charge on any atom is -0.365 e. The molecule has 1 aliphatic rings. The molecule has 2 unspecified atom stereocenters. The van der Waals surface area contributed by atoms with E-state index in [0.29, 0.717) is 19.8 Å². The van der Waals surface area contributed by atoms with Gasteiger partial charge >= 0.3 is 0 Å². The van der Waals surface area contributed by atoms with E-state index in [9.17, 15) is 4.79 Å². The number of hydrogen-bond donors (Lipinski definition) is 1. The number of carbonyl (C=O) groups excluding carboxylic acids is 1. The monoisotopic (exact) mass is 245 g/mol. The highest BCUT2D eigenvalue weighted by molar-refractivity contribution is 5.81. The van der Waals surface area contributed by atoms with Gasteiger partial charge in [0.25, 0.3) is 0 Å². The molecule has 17 heavy (non-hydrogen) atoms. The molecule has 0 bridgehead atoms. The van der Waals surface area contributed by atoms with Gasteiger partial charge in [-0.25, -0.2) is 0 Å². The van der Waals surface area contributed by atoms with E-state index in [1.165, 1.54) is 0 Å². The lowest BCUT2D eigenvalue weighted by Gasteiger charge is -2.18. The van der Waals surface area contributed by atoms with Gasteiger partial charge in [-0.15, -0.1) is 0 Å². The Morgan fingerprint density at radius 3 is 2.47 bits per heavy atom. The van der Waals surface area contributed by atoms with E-state index in [0.717, 1.165) is 12.8 Å². The van der Waals surface area contributed by atoms with Gasteiger partial charge in [0.15, 0.2) is 6.29 Å². The maximum Gasteiger partial charge on any atom is 0.249 e. The quantitative estimate of drug-likeness (QED) is 0.682. The van der Waals surface area contributed by atoms with Crippen molar-refractivity contribution in [2.45, 2.75) is 52.1 Å². The van der Waals surface area contributed by atoms with Crippen molar-refractivity contribution in [2.24, 2.45) is 0 Å². The number of amides is 1. The first-order valence-corrected chi connectivity index (χ1v) is 6.33. The highest BCUT2D eigenvalue weighted by Crippen LogP contribution is 2.18. The lowest BCUT2D eigenvalue weighted by Crippen LogP contribution is -2.40. The zero-order valence-electron chi connectivity index (χ0n) is 10.9. The van der Waals surface area contributed by atoms with Crippen LogP contribution in [0.5, 0.6) is 0 Å². The Balaban J connectivity index is 2.25. The smallest absolute Gasteiger partial charge is 0.249 e. The second kappa shape index (κ2) is 7.63. The predicted octanol–water partition coefficient (Wildman–Crippen LogP) is 1.07. The Hall–Kier alpha value is -0.650. The largest absolute Gasteiger partial charge is 0.365 e. The van der Waals surface area contributed by atoms with Crippen molar-refractivity contribution < 1.29 is 19.0 Å². The fraction of sp³-hybridized carbons (Fsp3) is 0.917. The average Bonchev–Trinajstić information content (AvgIpc) is 2.73. The van der Waals surface area contributed by atoms with Crippen LogP contribution in [0.1, 0.15) is 33.6 Å². The van der Waals surface area contributed by atoms with Crippen molar-refractivity contribution in [1.82, 2.24) is 5.32 Å². The Morgan fingerprint density at radius 2 is 2.00 bits per heavy atom. The third kappa shape index (κ3) is 5.02. The fourth-order valence-corrected chi connectivity index (χ4v) is 1.83. The van der Waals surface area contributed by atoms with Gasteiger partial charge in [0.2, 0.25) is 5.91 Å². The maximum atomic E-state index is 11.8. The molecule has 1 aliphatic heterocycles. The molecule has 1 fully saturated rings. The van der Waals surface area contributed by atoms with E-state index in [-0.39, 0.29) is 24.4 Å². The van der Waals surface area contributed by atoms with Gasteiger partial charge in [0.05, 0.1) is 12.6 Å². The average molecular weight is 245 g/mol. The summed E-state index contributed by atoms with van der Waals surface area (Å²) in [6, 6.07) is 0. The maximum absolute atomic E-state index is 11.8. The highest BCUT2D eigenvalue weighted by atomic mass is 16.7. The van der Waals surface area contributed by atoms with Gasteiger partial charge in [-0.05, 0) is 33.6 Å². The summed E-state index contributed by atoms with van der Waals surface area (Å²) in [5.41, 5.74) is 0. The van der Waals surface area contributed by atoms with Gasteiger partial charge in [-0.3, -0.25) is 4.79 Å². The van der Waals surface area contributed by atoms with Crippen LogP contribution >= 0.6 is 0 Å². The third-order valence-corrected chi connectivity index (χ3v) is 2.67. The van der Waals surface area contributed by atoms with Crippen molar-refractivity contribution in [2.75, 3.05) is 19.8 Å². The molecular formula is C12H23NO4. The molecule has 1 saturated heterocycles. The zero-order valence-corrected chi connectivity index (χ0v) is 10.9. The molecule has 0 spiro atoms. The van der Waals surface area contributed by atoms with E-state index in [1.807, 2.05) is 20.8 Å². The molecule has 1 amide bonds. The van der Waals surface area contributed by atoms with Crippen molar-refractivity contribution >= 4 is 5.91 Å². The molecule has 0 aromatic heterocycles. The first-order valence-electron chi connectivity index (χ1n) is 6.33. The first-order chi connectivity index (χ1) is 8.17. The summed E-state index contributed by atoms with van der Waals surface area (Å²) < 4.78 is 16.2. The van der Waals surface area contributed by atoms with Crippen LogP contribution in [0.25, 0.3) is 0 Å². The number of rotatable bonds is 7. The van der Waals surface area contributed by atoms with Gasteiger partial charge in [0, 0.05) is 13.2 Å². The summed E-state index contributed by atoms with van der Waals surface area (Å²) >= 11 is 0. The molecule has 0 radical (unpaired) electrons. The van der Waals surface area contributed by atoms with E-state index >= 15 is 0 Å². The molecule has 1 rings (SSSR count). The van der Waals surface area contributed by atoms with Crippen LogP contribution in [0.2, 0.25) is 0 Å². The Morgan fingerprint density at radius 1 is 1.35 bits per heavy atom. The third-order valence-electron chi connectivity index (χ3n) is 2.67. The lowest BCUT2D eigenvalue weighted by atomic mass is 10.2. The fourth-order valence-electron chi connectivity index (χ4n) is 1.83. The summed E-state index contributed by atoms with van der Waals surface area (Å²) in [5, 5.41) is 2.80. The molecular weight excluding hydrogens is 222 g/mol. The summed E-state index contributed by atoms with van der Waals surface area (Å²) in [6.45, 7) is 7.28. The molecule has 5 heteroatoms. The van der Waals surface area contributed by atoms with Crippen LogP contribution in [-0.2, 0) is 19.0 Å². The number of ether oxygens (including phenoxy) is 3. The predicted molar refractivity (Wildman–Crippen MR) is 63.6 cm³/mol. The van der Waals surface area contributed by atoms with E-state index < -0.39 is 0 Å². The molecule has 2 atom stereocenters. The Labute approximate surface area is 103 Å². The molecule has 1 N–H and O–H groups in total. The Kier molecular flexibility index (Phi) is 6.47. The van der Waals surface area contributed by atoms with Gasteiger partial charge in [-0.1, -0.05) is 0 Å². The SMILES string of the molecule is CCOC(CNC(=O)C1CCC(C)O1)OCC. The second-order valence-electron chi connectivity index (χ2n) is 4.10. The minimum absolute atomic E-state index is 0.0706. The summed E-state index contributed by atoms with van der Waals surface area (Å²) in [7, 11) is 0. The van der Waals surface area contributed by atoms with Gasteiger partial charge in [0.1, 0.15) is 6.10 Å². The van der Waals surface area contributed by atoms with Gasteiger partial charge < -0.3 is 19.5 Å². The molecule has 100 valence electrons. The lowest BCUT2D eigenvalue weighted by molar-refractivity contribution is -0.145. The standard InChI is InChI=1S/C12H23NO4/c1-4-15-11(16-5-2)8-13-12(14)10-7-6-9(3)17-10/h9-11H,4-8H2,1-3H3,(H,13,14). The molecule has 0 saturated carbocycles. The summed E-state index contributed by atoms with van der Waals surface area (Å²) in [4.78, 5) is 11.8. The number of hydrogen-bond acceptors (Lipinski definition) is 4. The van der Waals surface area contributed by atoms with Crippen LogP contribution in [0, 0.1) is 0 Å². The van der Waals surface area contributed by atoms with E-state index in [4.69, 9.17) is 14.2 Å². The minimum atomic E-state index is -0.368. The molecule has 0 aromatic carbocycles. The van der Waals surface area contributed by atoms with Crippen LogP contribution in [0.15, 0.2) is 0 Å². The van der Waals surface area contributed by atoms with Crippen LogP contribution in [0.4, 0.5) is 0 Å². The van der Waals surface area contributed by atoms with Crippen molar-refractivity contribution in [3.63, 3.8) is 0 Å². The van der Waals surface area contributed by atoms with Crippen LogP contribution in [-0.4, -0.2) is 44.2 Å². The van der Waals surface area contributed by atoms with Crippen molar-refractivity contribution in [1.29, 1.82) is 0 Å². The van der Waals surface area contributed by atoms with Crippen molar-refractivity contribution in [3.8, 4) is 0 Å². The van der Waals surface area contributed by atoms with Crippen molar-refractivity contribution in [3.05, 3.63) is 0 Å². The molecule has 0 aliphatic carbocycles. The van der Waals surface area contributed by atoms with E-state index in [2.05, 4.69) is 5.32 Å². The Bertz CT molecular complexity index is 229. The molecule has 5 nitrogen and oxygen atoms in total. The zero-order chi connectivity index (χ0) is 12.7. The van der Waals surface area contributed by atoms with E-state index in [1.54, 1.807) is 0 Å². The first kappa shape index (κ1) is 14.4. The van der Waals surface area contributed by atoms with Gasteiger partial charge in [-0.2, -0.15) is 0 Å². The van der Waals surface area contributed by atoms with Crippen LogP contribution < -0.4 is 5.32 Å². The normalized spacial score (nSPS) is 24.2. The summed E-state index contributed by atoms with van der Waals surface area (Å²) in [6.07, 6.45) is 1.24. The number of nitrogens with one attached hydrogen (secondary N) is 1. The van der Waals surface area contributed by atoms with Crippen LogP contribution in [0.3, 0.4) is 0 Å². The molecule has 1 heterocycles. The molecule has 0 aromatic rings. The number of carbonyl (C=O) groups is 1. The second-order valence-corrected chi connectivity index (χ2v) is 4.10.